The standard InChI is InChI=1S/C15H22N2O4/c1-10-8-12(18)11(9-17-10)14(21)16-7-6-15(2,3)5-4-13(19)20/h8-9H,4-7H2,1-3H3,(H,16,21)(H,17,18)(H,19,20). The molecule has 1 rings (SSSR count). The quantitative estimate of drug-likeness (QED) is 0.712. The third-order valence-electron chi connectivity index (χ3n) is 3.40. The monoisotopic (exact) mass is 294 g/mol. The number of hydrogen-bond acceptors (Lipinski definition) is 3. The number of carbonyl (C=O) groups excluding carboxylic acids is 1. The number of carbonyl (C=O) groups is 2. The maximum atomic E-state index is 11.9. The summed E-state index contributed by atoms with van der Waals surface area (Å²) in [6.07, 6.45) is 2.71. The summed E-state index contributed by atoms with van der Waals surface area (Å²) < 4.78 is 0. The van der Waals surface area contributed by atoms with E-state index in [0.29, 0.717) is 25.1 Å². The number of amides is 1. The number of carboxylic acid groups (broad SMARTS) is 1. The number of aliphatic carboxylic acids is 1. The van der Waals surface area contributed by atoms with E-state index in [1.165, 1.54) is 12.3 Å². The van der Waals surface area contributed by atoms with E-state index in [2.05, 4.69) is 10.3 Å². The molecule has 1 aromatic heterocycles. The Morgan fingerprint density at radius 1 is 1.33 bits per heavy atom. The largest absolute Gasteiger partial charge is 0.481 e. The van der Waals surface area contributed by atoms with Crippen LogP contribution in [0.4, 0.5) is 0 Å². The first-order valence-corrected chi connectivity index (χ1v) is 6.90. The third kappa shape index (κ3) is 5.81. The summed E-state index contributed by atoms with van der Waals surface area (Å²) in [5.41, 5.74) is 0.301. The fourth-order valence-electron chi connectivity index (χ4n) is 1.93. The Balaban J connectivity index is 2.50. The molecule has 6 heteroatoms. The summed E-state index contributed by atoms with van der Waals surface area (Å²) in [7, 11) is 0. The summed E-state index contributed by atoms with van der Waals surface area (Å²) in [6, 6.07) is 1.38. The molecule has 1 heterocycles. The summed E-state index contributed by atoms with van der Waals surface area (Å²) in [6.45, 7) is 6.06. The molecule has 0 unspecified atom stereocenters. The molecule has 116 valence electrons. The molecule has 0 aliphatic carbocycles. The van der Waals surface area contributed by atoms with Gasteiger partial charge in [-0.3, -0.25) is 14.4 Å². The van der Waals surface area contributed by atoms with Crippen LogP contribution in [0.2, 0.25) is 0 Å². The van der Waals surface area contributed by atoms with Crippen molar-refractivity contribution >= 4 is 11.9 Å². The van der Waals surface area contributed by atoms with Crippen molar-refractivity contribution in [3.05, 3.63) is 33.7 Å². The number of aromatic nitrogens is 1. The van der Waals surface area contributed by atoms with Crippen LogP contribution in [0.3, 0.4) is 0 Å². The molecule has 0 radical (unpaired) electrons. The highest BCUT2D eigenvalue weighted by atomic mass is 16.4. The van der Waals surface area contributed by atoms with Crippen LogP contribution in [0, 0.1) is 12.3 Å². The predicted octanol–water partition coefficient (Wildman–Crippen LogP) is 1.69. The van der Waals surface area contributed by atoms with Gasteiger partial charge in [-0.25, -0.2) is 0 Å². The first-order valence-electron chi connectivity index (χ1n) is 6.90. The van der Waals surface area contributed by atoms with Gasteiger partial charge in [0.1, 0.15) is 5.56 Å². The van der Waals surface area contributed by atoms with Crippen LogP contribution in [-0.2, 0) is 4.79 Å². The molecule has 0 atom stereocenters. The molecule has 3 N–H and O–H groups in total. The topological polar surface area (TPSA) is 99.3 Å². The van der Waals surface area contributed by atoms with Crippen LogP contribution < -0.4 is 10.7 Å². The fourth-order valence-corrected chi connectivity index (χ4v) is 1.93. The molecule has 6 nitrogen and oxygen atoms in total. The van der Waals surface area contributed by atoms with Gasteiger partial charge in [0.15, 0.2) is 5.43 Å². The first kappa shape index (κ1) is 16.9. The second-order valence-electron chi connectivity index (χ2n) is 5.96. The van der Waals surface area contributed by atoms with E-state index in [4.69, 9.17) is 5.11 Å². The zero-order valence-electron chi connectivity index (χ0n) is 12.7. The summed E-state index contributed by atoms with van der Waals surface area (Å²) in [4.78, 5) is 37.0. The number of hydrogen-bond donors (Lipinski definition) is 3. The van der Waals surface area contributed by atoms with Gasteiger partial charge in [-0.05, 0) is 25.2 Å². The van der Waals surface area contributed by atoms with E-state index in [9.17, 15) is 14.4 Å². The molecule has 0 aliphatic heterocycles. The van der Waals surface area contributed by atoms with Gasteiger partial charge in [-0.15, -0.1) is 0 Å². The summed E-state index contributed by atoms with van der Waals surface area (Å²) in [5, 5.41) is 11.4. The minimum atomic E-state index is -0.821. The van der Waals surface area contributed by atoms with E-state index in [1.54, 1.807) is 6.92 Å². The Bertz CT molecular complexity index is 575. The van der Waals surface area contributed by atoms with E-state index < -0.39 is 11.9 Å². The van der Waals surface area contributed by atoms with Crippen molar-refractivity contribution in [2.45, 2.75) is 40.0 Å². The van der Waals surface area contributed by atoms with Crippen molar-refractivity contribution in [1.29, 1.82) is 0 Å². The highest BCUT2D eigenvalue weighted by Crippen LogP contribution is 2.25. The van der Waals surface area contributed by atoms with Crippen LogP contribution >= 0.6 is 0 Å². The van der Waals surface area contributed by atoms with Gasteiger partial charge in [-0.2, -0.15) is 0 Å². The first-order chi connectivity index (χ1) is 9.71. The van der Waals surface area contributed by atoms with Gasteiger partial charge in [-0.1, -0.05) is 13.8 Å². The van der Waals surface area contributed by atoms with Crippen molar-refractivity contribution in [3.8, 4) is 0 Å². The fraction of sp³-hybridized carbons (Fsp3) is 0.533. The third-order valence-corrected chi connectivity index (χ3v) is 3.40. The van der Waals surface area contributed by atoms with Gasteiger partial charge >= 0.3 is 5.97 Å². The Morgan fingerprint density at radius 2 is 2.00 bits per heavy atom. The average molecular weight is 294 g/mol. The lowest BCUT2D eigenvalue weighted by molar-refractivity contribution is -0.137. The molecule has 0 fully saturated rings. The molecule has 0 aliphatic rings. The number of H-pyrrole nitrogens is 1. The Hall–Kier alpha value is -2.11. The Morgan fingerprint density at radius 3 is 2.57 bits per heavy atom. The van der Waals surface area contributed by atoms with Crippen LogP contribution in [0.5, 0.6) is 0 Å². The zero-order chi connectivity index (χ0) is 16.0. The molecule has 21 heavy (non-hydrogen) atoms. The van der Waals surface area contributed by atoms with Crippen molar-refractivity contribution in [2.75, 3.05) is 6.54 Å². The number of aromatic amines is 1. The second-order valence-corrected chi connectivity index (χ2v) is 5.96. The molecular formula is C15H22N2O4. The summed E-state index contributed by atoms with van der Waals surface area (Å²) >= 11 is 0. The van der Waals surface area contributed by atoms with Crippen molar-refractivity contribution in [1.82, 2.24) is 10.3 Å². The molecule has 0 aromatic carbocycles. The van der Waals surface area contributed by atoms with Gasteiger partial charge in [0, 0.05) is 30.9 Å². The van der Waals surface area contributed by atoms with Gasteiger partial charge in [0.25, 0.3) is 5.91 Å². The normalized spacial score (nSPS) is 11.2. The van der Waals surface area contributed by atoms with E-state index in [-0.39, 0.29) is 22.8 Å². The number of carboxylic acids is 1. The lowest BCUT2D eigenvalue weighted by Crippen LogP contribution is -2.31. The lowest BCUT2D eigenvalue weighted by Gasteiger charge is -2.23. The Kier molecular flexibility index (Phi) is 5.69. The molecule has 0 saturated carbocycles. The van der Waals surface area contributed by atoms with Crippen LogP contribution in [0.1, 0.15) is 49.2 Å². The molecule has 1 aromatic rings. The number of nitrogens with one attached hydrogen (secondary N) is 2. The van der Waals surface area contributed by atoms with Crippen LogP contribution in [0.15, 0.2) is 17.1 Å². The average Bonchev–Trinajstić information content (AvgIpc) is 2.36. The molecule has 1 amide bonds. The number of rotatable bonds is 7. The number of pyridine rings is 1. The van der Waals surface area contributed by atoms with Gasteiger partial charge in [0.05, 0.1) is 0 Å². The SMILES string of the molecule is Cc1cc(=O)c(C(=O)NCCC(C)(C)CCC(=O)O)c[nH]1. The molecule has 0 spiro atoms. The lowest BCUT2D eigenvalue weighted by atomic mass is 9.84. The smallest absolute Gasteiger partial charge is 0.303 e. The minimum Gasteiger partial charge on any atom is -0.481 e. The van der Waals surface area contributed by atoms with Crippen LogP contribution in [0.25, 0.3) is 0 Å². The van der Waals surface area contributed by atoms with E-state index in [1.807, 2.05) is 13.8 Å². The summed E-state index contributed by atoms with van der Waals surface area (Å²) in [5.74, 6) is -1.23. The second kappa shape index (κ2) is 7.06. The maximum absolute atomic E-state index is 11.9. The van der Waals surface area contributed by atoms with Crippen molar-refractivity contribution in [3.63, 3.8) is 0 Å². The molecule has 0 saturated heterocycles. The van der Waals surface area contributed by atoms with Crippen molar-refractivity contribution < 1.29 is 14.7 Å². The highest BCUT2D eigenvalue weighted by Gasteiger charge is 2.19. The highest BCUT2D eigenvalue weighted by molar-refractivity contribution is 5.93. The minimum absolute atomic E-state index is 0.0870. The predicted molar refractivity (Wildman–Crippen MR) is 79.4 cm³/mol. The van der Waals surface area contributed by atoms with E-state index in [0.717, 1.165) is 0 Å². The molecular weight excluding hydrogens is 272 g/mol. The van der Waals surface area contributed by atoms with E-state index >= 15 is 0 Å². The van der Waals surface area contributed by atoms with Gasteiger partial charge in [0.2, 0.25) is 0 Å². The molecule has 0 bridgehead atoms. The zero-order valence-corrected chi connectivity index (χ0v) is 12.7. The number of aryl methyl sites for hydroxylation is 1. The maximum Gasteiger partial charge on any atom is 0.303 e. The van der Waals surface area contributed by atoms with Crippen molar-refractivity contribution in [2.24, 2.45) is 5.41 Å². The van der Waals surface area contributed by atoms with Crippen LogP contribution in [-0.4, -0.2) is 28.5 Å². The van der Waals surface area contributed by atoms with Gasteiger partial charge < -0.3 is 15.4 Å². The Labute approximate surface area is 123 Å².